The molecule has 15 heavy (non-hydrogen) atoms. The second kappa shape index (κ2) is 6.23. The van der Waals surface area contributed by atoms with Gasteiger partial charge in [0.15, 0.2) is 0 Å². The highest BCUT2D eigenvalue weighted by Crippen LogP contribution is 2.11. The Labute approximate surface area is 92.9 Å². The van der Waals surface area contributed by atoms with Crippen LogP contribution < -0.4 is 5.32 Å². The van der Waals surface area contributed by atoms with Crippen molar-refractivity contribution in [2.45, 2.75) is 44.7 Å². The number of nitrogens with one attached hydrogen (secondary N) is 1. The van der Waals surface area contributed by atoms with Gasteiger partial charge in [0.05, 0.1) is 0 Å². The van der Waals surface area contributed by atoms with Crippen molar-refractivity contribution in [2.24, 2.45) is 0 Å². The molecule has 2 N–H and O–H groups in total. The van der Waals surface area contributed by atoms with Gasteiger partial charge in [0.2, 0.25) is 0 Å². The molecule has 1 atom stereocenters. The molecule has 0 bridgehead atoms. The molecule has 0 radical (unpaired) electrons. The summed E-state index contributed by atoms with van der Waals surface area (Å²) in [4.78, 5) is 10.9. The summed E-state index contributed by atoms with van der Waals surface area (Å²) in [5.41, 5.74) is 0. The van der Waals surface area contributed by atoms with Crippen LogP contribution in [-0.4, -0.2) is 38.9 Å². The van der Waals surface area contributed by atoms with Gasteiger partial charge in [0.1, 0.15) is 6.04 Å². The van der Waals surface area contributed by atoms with E-state index in [-0.39, 0.29) is 6.04 Å². The van der Waals surface area contributed by atoms with E-state index in [0.717, 1.165) is 19.3 Å². The molecule has 1 fully saturated rings. The zero-order valence-corrected chi connectivity index (χ0v) is 9.89. The minimum Gasteiger partial charge on any atom is -0.480 e. The van der Waals surface area contributed by atoms with E-state index in [9.17, 15) is 9.00 Å². The summed E-state index contributed by atoms with van der Waals surface area (Å²) < 4.78 is 11.1. The fourth-order valence-corrected chi connectivity index (χ4v) is 3.11. The molecule has 1 aliphatic rings. The Morgan fingerprint density at radius 3 is 2.60 bits per heavy atom. The summed E-state index contributed by atoms with van der Waals surface area (Å²) in [5.74, 6) is 0.634. The summed E-state index contributed by atoms with van der Waals surface area (Å²) in [6.45, 7) is 1.98. The van der Waals surface area contributed by atoms with Crippen LogP contribution in [0.5, 0.6) is 0 Å². The number of hydrogen-bond donors (Lipinski definition) is 2. The Kier molecular flexibility index (Phi) is 5.25. The lowest BCUT2D eigenvalue weighted by Gasteiger charge is -2.26. The highest BCUT2D eigenvalue weighted by atomic mass is 32.2. The summed E-state index contributed by atoms with van der Waals surface area (Å²) in [5, 5.41) is 12.1. The van der Waals surface area contributed by atoms with Gasteiger partial charge in [0.25, 0.3) is 0 Å². The average molecular weight is 233 g/mol. The zero-order valence-electron chi connectivity index (χ0n) is 9.07. The Hall–Kier alpha value is -0.420. The molecule has 4 nitrogen and oxygen atoms in total. The molecular weight excluding hydrogens is 214 g/mol. The van der Waals surface area contributed by atoms with Gasteiger partial charge < -0.3 is 10.4 Å². The first-order valence-electron chi connectivity index (χ1n) is 5.47. The predicted molar refractivity (Wildman–Crippen MR) is 60.4 cm³/mol. The molecule has 0 aliphatic carbocycles. The standard InChI is InChI=1S/C10H19NO3S/c1-2-3-9(10(12)13)11-8-4-6-15(14)7-5-8/h8-9,11H,2-7H2,1H3,(H,12,13). The number of carbonyl (C=O) groups is 1. The van der Waals surface area contributed by atoms with E-state index in [1.54, 1.807) is 0 Å². The molecule has 1 heterocycles. The van der Waals surface area contributed by atoms with Gasteiger partial charge in [-0.05, 0) is 19.3 Å². The number of rotatable bonds is 5. The van der Waals surface area contributed by atoms with Gasteiger partial charge in [-0.1, -0.05) is 13.3 Å². The number of carboxylic acids is 1. The van der Waals surface area contributed by atoms with Gasteiger partial charge >= 0.3 is 5.97 Å². The Bertz CT molecular complexity index is 235. The van der Waals surface area contributed by atoms with Crippen LogP contribution in [0, 0.1) is 0 Å². The van der Waals surface area contributed by atoms with Crippen molar-refractivity contribution in [1.82, 2.24) is 5.32 Å². The van der Waals surface area contributed by atoms with Crippen molar-refractivity contribution in [3.8, 4) is 0 Å². The summed E-state index contributed by atoms with van der Waals surface area (Å²) in [6.07, 6.45) is 3.19. The van der Waals surface area contributed by atoms with Crippen molar-refractivity contribution in [3.63, 3.8) is 0 Å². The quantitative estimate of drug-likeness (QED) is 0.735. The van der Waals surface area contributed by atoms with Gasteiger partial charge in [-0.3, -0.25) is 9.00 Å². The lowest BCUT2D eigenvalue weighted by molar-refractivity contribution is -0.139. The monoisotopic (exact) mass is 233 g/mol. The Morgan fingerprint density at radius 2 is 2.13 bits per heavy atom. The maximum atomic E-state index is 11.1. The summed E-state index contributed by atoms with van der Waals surface area (Å²) >= 11 is 0. The largest absolute Gasteiger partial charge is 0.480 e. The second-order valence-corrected chi connectivity index (χ2v) is 5.66. The van der Waals surface area contributed by atoms with Crippen LogP contribution in [0.3, 0.4) is 0 Å². The van der Waals surface area contributed by atoms with E-state index in [0.29, 0.717) is 17.9 Å². The van der Waals surface area contributed by atoms with Crippen LogP contribution >= 0.6 is 0 Å². The first-order chi connectivity index (χ1) is 7.13. The van der Waals surface area contributed by atoms with Gasteiger partial charge in [-0.2, -0.15) is 0 Å². The third-order valence-corrected chi connectivity index (χ3v) is 4.08. The Balaban J connectivity index is 2.37. The maximum Gasteiger partial charge on any atom is 0.320 e. The first kappa shape index (κ1) is 12.6. The topological polar surface area (TPSA) is 66.4 Å². The van der Waals surface area contributed by atoms with Crippen molar-refractivity contribution in [3.05, 3.63) is 0 Å². The molecule has 0 spiro atoms. The molecule has 1 rings (SSSR count). The zero-order chi connectivity index (χ0) is 11.3. The molecule has 1 saturated heterocycles. The van der Waals surface area contributed by atoms with E-state index < -0.39 is 22.8 Å². The molecule has 1 aliphatic heterocycles. The normalized spacial score (nSPS) is 28.6. The van der Waals surface area contributed by atoms with Crippen LogP contribution in [0.1, 0.15) is 32.6 Å². The van der Waals surface area contributed by atoms with E-state index in [1.165, 1.54) is 0 Å². The van der Waals surface area contributed by atoms with Crippen molar-refractivity contribution >= 4 is 16.8 Å². The highest BCUT2D eigenvalue weighted by Gasteiger charge is 2.23. The van der Waals surface area contributed by atoms with Gasteiger partial charge in [-0.15, -0.1) is 0 Å². The fraction of sp³-hybridized carbons (Fsp3) is 0.900. The van der Waals surface area contributed by atoms with Crippen LogP contribution in [0.4, 0.5) is 0 Å². The Morgan fingerprint density at radius 1 is 1.53 bits per heavy atom. The molecular formula is C10H19NO3S. The first-order valence-corrected chi connectivity index (χ1v) is 6.96. The summed E-state index contributed by atoms with van der Waals surface area (Å²) in [6, 6.07) is -0.207. The number of aliphatic carboxylic acids is 1. The van der Waals surface area contributed by atoms with E-state index in [4.69, 9.17) is 5.11 Å². The highest BCUT2D eigenvalue weighted by molar-refractivity contribution is 7.85. The molecule has 0 amide bonds. The molecule has 0 aromatic rings. The third kappa shape index (κ3) is 4.30. The van der Waals surface area contributed by atoms with Gasteiger partial charge in [0, 0.05) is 28.3 Å². The van der Waals surface area contributed by atoms with Crippen molar-refractivity contribution < 1.29 is 14.1 Å². The minimum atomic E-state index is -0.774. The lowest BCUT2D eigenvalue weighted by atomic mass is 10.1. The molecule has 88 valence electrons. The van der Waals surface area contributed by atoms with E-state index in [2.05, 4.69) is 5.32 Å². The molecule has 0 saturated carbocycles. The molecule has 1 unspecified atom stereocenters. The smallest absolute Gasteiger partial charge is 0.320 e. The number of carboxylic acid groups (broad SMARTS) is 1. The average Bonchev–Trinajstić information content (AvgIpc) is 2.20. The predicted octanol–water partition coefficient (Wildman–Crippen LogP) is 0.740. The third-order valence-electron chi connectivity index (χ3n) is 2.70. The molecule has 5 heteroatoms. The van der Waals surface area contributed by atoms with E-state index >= 15 is 0 Å². The molecule has 0 aromatic carbocycles. The van der Waals surface area contributed by atoms with Crippen molar-refractivity contribution in [2.75, 3.05) is 11.5 Å². The lowest BCUT2D eigenvalue weighted by Crippen LogP contribution is -2.45. The van der Waals surface area contributed by atoms with Crippen LogP contribution in [-0.2, 0) is 15.6 Å². The van der Waals surface area contributed by atoms with Gasteiger partial charge in [-0.25, -0.2) is 0 Å². The van der Waals surface area contributed by atoms with E-state index in [1.807, 2.05) is 6.92 Å². The number of hydrogen-bond acceptors (Lipinski definition) is 3. The van der Waals surface area contributed by atoms with Crippen molar-refractivity contribution in [1.29, 1.82) is 0 Å². The van der Waals surface area contributed by atoms with Crippen LogP contribution in [0.25, 0.3) is 0 Å². The summed E-state index contributed by atoms with van der Waals surface area (Å²) in [7, 11) is -0.678. The SMILES string of the molecule is CCCC(NC1CCS(=O)CC1)C(=O)O. The molecule has 0 aromatic heterocycles. The maximum absolute atomic E-state index is 11.1. The minimum absolute atomic E-state index is 0.232. The van der Waals surface area contributed by atoms with Crippen LogP contribution in [0.2, 0.25) is 0 Å². The van der Waals surface area contributed by atoms with Crippen LogP contribution in [0.15, 0.2) is 0 Å². The second-order valence-electron chi connectivity index (χ2n) is 3.97. The fourth-order valence-electron chi connectivity index (χ4n) is 1.81.